The quantitative estimate of drug-likeness (QED) is 0.146. The summed E-state index contributed by atoms with van der Waals surface area (Å²) < 4.78 is 11.8. The van der Waals surface area contributed by atoms with E-state index in [-0.39, 0.29) is 5.78 Å². The molecule has 0 bridgehead atoms. The van der Waals surface area contributed by atoms with Crippen molar-refractivity contribution >= 4 is 17.2 Å². The molecule has 0 aliphatic carbocycles. The van der Waals surface area contributed by atoms with Crippen molar-refractivity contribution in [3.63, 3.8) is 0 Å². The van der Waals surface area contributed by atoms with Gasteiger partial charge in [-0.25, -0.2) is 0 Å². The highest BCUT2D eigenvalue weighted by Crippen LogP contribution is 2.29. The molecule has 6 rings (SSSR count). The Labute approximate surface area is 244 Å². The lowest BCUT2D eigenvalue weighted by Gasteiger charge is -2.09. The van der Waals surface area contributed by atoms with E-state index in [1.54, 1.807) is 12.1 Å². The third-order valence-corrected chi connectivity index (χ3v) is 6.86. The molecule has 0 saturated heterocycles. The summed E-state index contributed by atoms with van der Waals surface area (Å²) in [6.07, 6.45) is 0. The molecule has 0 atom stereocenters. The molecule has 6 aromatic carbocycles. The van der Waals surface area contributed by atoms with Gasteiger partial charge in [-0.15, -0.1) is 0 Å². The topological polar surface area (TPSA) is 87.6 Å². The summed E-state index contributed by atoms with van der Waals surface area (Å²) in [5.74, 6) is 2.81. The van der Waals surface area contributed by atoms with Crippen molar-refractivity contribution in [2.24, 2.45) is 0 Å². The van der Waals surface area contributed by atoms with Gasteiger partial charge in [0.2, 0.25) is 0 Å². The predicted octanol–water partition coefficient (Wildman–Crippen LogP) is 9.00. The minimum atomic E-state index is -0.0233. The van der Waals surface area contributed by atoms with E-state index in [9.17, 15) is 4.79 Å². The Morgan fingerprint density at radius 3 is 1.07 bits per heavy atom. The van der Waals surface area contributed by atoms with Crippen LogP contribution in [-0.2, 0) is 0 Å². The SMILES string of the molecule is Nc1cccc(Oc2ccc(-c3ccc(C(=O)c4ccc(-c5ccc(Oc6cccc(N)c6)cc5)cc4)cc3)cc2)c1. The van der Waals surface area contributed by atoms with Gasteiger partial charge in [0.15, 0.2) is 5.78 Å². The maximum atomic E-state index is 13.2. The zero-order valence-electron chi connectivity index (χ0n) is 22.7. The fourth-order valence-electron chi connectivity index (χ4n) is 4.65. The zero-order valence-corrected chi connectivity index (χ0v) is 22.7. The number of rotatable bonds is 8. The van der Waals surface area contributed by atoms with E-state index in [2.05, 4.69) is 0 Å². The number of anilines is 2. The summed E-state index contributed by atoms with van der Waals surface area (Å²) in [5.41, 5.74) is 18.3. The summed E-state index contributed by atoms with van der Waals surface area (Å²) in [6, 6.07) is 45.6. The first kappa shape index (κ1) is 26.4. The molecule has 0 aliphatic heterocycles. The summed E-state index contributed by atoms with van der Waals surface area (Å²) in [5, 5.41) is 0. The fraction of sp³-hybridized carbons (Fsp3) is 0. The number of ketones is 1. The van der Waals surface area contributed by atoms with Gasteiger partial charge < -0.3 is 20.9 Å². The Morgan fingerprint density at radius 1 is 0.405 bits per heavy atom. The monoisotopic (exact) mass is 548 g/mol. The van der Waals surface area contributed by atoms with Crippen LogP contribution in [-0.4, -0.2) is 5.78 Å². The number of ether oxygens (including phenoxy) is 2. The zero-order chi connectivity index (χ0) is 28.9. The van der Waals surface area contributed by atoms with Crippen LogP contribution >= 0.6 is 0 Å². The first-order chi connectivity index (χ1) is 20.5. The molecule has 42 heavy (non-hydrogen) atoms. The molecular weight excluding hydrogens is 520 g/mol. The third-order valence-electron chi connectivity index (χ3n) is 6.86. The van der Waals surface area contributed by atoms with Crippen molar-refractivity contribution in [2.75, 3.05) is 11.5 Å². The van der Waals surface area contributed by atoms with Crippen LogP contribution in [0.25, 0.3) is 22.3 Å². The predicted molar refractivity (Wildman–Crippen MR) is 169 cm³/mol. The van der Waals surface area contributed by atoms with E-state index in [0.29, 0.717) is 34.0 Å². The van der Waals surface area contributed by atoms with Crippen LogP contribution in [0.2, 0.25) is 0 Å². The van der Waals surface area contributed by atoms with Gasteiger partial charge in [0, 0.05) is 34.6 Å². The van der Waals surface area contributed by atoms with Gasteiger partial charge in [-0.1, -0.05) is 84.9 Å². The Morgan fingerprint density at radius 2 is 0.738 bits per heavy atom. The second-order valence-electron chi connectivity index (χ2n) is 9.88. The maximum absolute atomic E-state index is 13.2. The van der Waals surface area contributed by atoms with Gasteiger partial charge in [0.1, 0.15) is 23.0 Å². The van der Waals surface area contributed by atoms with E-state index < -0.39 is 0 Å². The highest BCUT2D eigenvalue weighted by molar-refractivity contribution is 6.09. The molecule has 0 radical (unpaired) electrons. The van der Waals surface area contributed by atoms with E-state index in [1.165, 1.54) is 0 Å². The Hall–Kier alpha value is -5.81. The molecule has 0 fully saturated rings. The molecule has 5 heteroatoms. The Kier molecular flexibility index (Phi) is 7.38. The number of nitrogens with two attached hydrogens (primary N) is 2. The molecule has 204 valence electrons. The van der Waals surface area contributed by atoms with Gasteiger partial charge in [0.05, 0.1) is 0 Å². The fourth-order valence-corrected chi connectivity index (χ4v) is 4.65. The van der Waals surface area contributed by atoms with Crippen LogP contribution in [0.1, 0.15) is 15.9 Å². The van der Waals surface area contributed by atoms with Crippen molar-refractivity contribution in [3.05, 3.63) is 157 Å². The minimum absolute atomic E-state index is 0.0233. The second kappa shape index (κ2) is 11.7. The van der Waals surface area contributed by atoms with Crippen LogP contribution in [0.15, 0.2) is 146 Å². The molecule has 0 aliphatic rings. The molecule has 5 nitrogen and oxygen atoms in total. The van der Waals surface area contributed by atoms with Crippen molar-refractivity contribution in [3.8, 4) is 45.3 Å². The van der Waals surface area contributed by atoms with Gasteiger partial charge in [-0.3, -0.25) is 4.79 Å². The molecule has 0 heterocycles. The highest BCUT2D eigenvalue weighted by Gasteiger charge is 2.10. The number of carbonyl (C=O) groups excluding carboxylic acids is 1. The van der Waals surface area contributed by atoms with E-state index in [1.807, 2.05) is 133 Å². The first-order valence-corrected chi connectivity index (χ1v) is 13.5. The summed E-state index contributed by atoms with van der Waals surface area (Å²) in [4.78, 5) is 13.2. The van der Waals surface area contributed by atoms with E-state index in [4.69, 9.17) is 20.9 Å². The van der Waals surface area contributed by atoms with E-state index in [0.717, 1.165) is 33.8 Å². The van der Waals surface area contributed by atoms with Crippen LogP contribution in [0.5, 0.6) is 23.0 Å². The first-order valence-electron chi connectivity index (χ1n) is 13.5. The number of carbonyl (C=O) groups is 1. The lowest BCUT2D eigenvalue weighted by molar-refractivity contribution is 0.103. The molecule has 0 unspecified atom stereocenters. The van der Waals surface area contributed by atoms with Gasteiger partial charge in [-0.2, -0.15) is 0 Å². The van der Waals surface area contributed by atoms with Crippen LogP contribution < -0.4 is 20.9 Å². The standard InChI is InChI=1S/C37H28N2O3/c38-31-3-1-5-35(23-31)41-33-19-15-27(16-20-33)25-7-11-29(12-8-25)37(40)30-13-9-26(10-14-30)28-17-21-34(22-18-28)42-36-6-2-4-32(39)24-36/h1-24H,38-39H2. The Balaban J connectivity index is 1.09. The molecular formula is C37H28N2O3. The molecule has 0 aromatic heterocycles. The molecule has 6 aromatic rings. The van der Waals surface area contributed by atoms with Crippen molar-refractivity contribution in [1.82, 2.24) is 0 Å². The van der Waals surface area contributed by atoms with Crippen LogP contribution in [0, 0.1) is 0 Å². The molecule has 4 N–H and O–H groups in total. The van der Waals surface area contributed by atoms with Gasteiger partial charge >= 0.3 is 0 Å². The van der Waals surface area contributed by atoms with Crippen molar-refractivity contribution < 1.29 is 14.3 Å². The molecule has 0 saturated carbocycles. The number of hydrogen-bond donors (Lipinski definition) is 2. The Bertz CT molecular complexity index is 1690. The van der Waals surface area contributed by atoms with Crippen LogP contribution in [0.3, 0.4) is 0 Å². The molecule has 0 spiro atoms. The minimum Gasteiger partial charge on any atom is -0.457 e. The largest absolute Gasteiger partial charge is 0.457 e. The number of hydrogen-bond acceptors (Lipinski definition) is 5. The summed E-state index contributed by atoms with van der Waals surface area (Å²) >= 11 is 0. The third kappa shape index (κ3) is 6.16. The lowest BCUT2D eigenvalue weighted by atomic mass is 9.97. The highest BCUT2D eigenvalue weighted by atomic mass is 16.5. The second-order valence-corrected chi connectivity index (χ2v) is 9.88. The summed E-state index contributed by atoms with van der Waals surface area (Å²) in [6.45, 7) is 0. The lowest BCUT2D eigenvalue weighted by Crippen LogP contribution is -2.00. The smallest absolute Gasteiger partial charge is 0.193 e. The van der Waals surface area contributed by atoms with Gasteiger partial charge in [-0.05, 0) is 70.8 Å². The van der Waals surface area contributed by atoms with Crippen LogP contribution in [0.4, 0.5) is 11.4 Å². The van der Waals surface area contributed by atoms with E-state index >= 15 is 0 Å². The van der Waals surface area contributed by atoms with Gasteiger partial charge in [0.25, 0.3) is 0 Å². The normalized spacial score (nSPS) is 10.7. The molecule has 0 amide bonds. The number of nitrogen functional groups attached to an aromatic ring is 2. The van der Waals surface area contributed by atoms with Crippen molar-refractivity contribution in [2.45, 2.75) is 0 Å². The van der Waals surface area contributed by atoms with Crippen molar-refractivity contribution in [1.29, 1.82) is 0 Å². The maximum Gasteiger partial charge on any atom is 0.193 e. The average Bonchev–Trinajstić information content (AvgIpc) is 3.02. The average molecular weight is 549 g/mol. The number of benzene rings is 6. The summed E-state index contributed by atoms with van der Waals surface area (Å²) in [7, 11) is 0.